The van der Waals surface area contributed by atoms with Gasteiger partial charge in [-0.3, -0.25) is 0 Å². The predicted octanol–water partition coefficient (Wildman–Crippen LogP) is 3.17. The van der Waals surface area contributed by atoms with E-state index < -0.39 is 11.7 Å². The van der Waals surface area contributed by atoms with Crippen LogP contribution in [0.4, 0.5) is 18.9 Å². The number of nitrogens with one attached hydrogen (secondary N) is 1. The average molecular weight is 252 g/mol. The quantitative estimate of drug-likeness (QED) is 0.872. The van der Waals surface area contributed by atoms with E-state index in [0.717, 1.165) is 12.1 Å². The molecular formula is C10H9ClF3NO. The van der Waals surface area contributed by atoms with Crippen molar-refractivity contribution in [2.45, 2.75) is 12.2 Å². The molecule has 0 unspecified atom stereocenters. The molecule has 1 heterocycles. The molecule has 1 saturated heterocycles. The monoisotopic (exact) mass is 251 g/mol. The molecule has 16 heavy (non-hydrogen) atoms. The molecule has 6 heteroatoms. The summed E-state index contributed by atoms with van der Waals surface area (Å²) in [6, 6.07) is 3.40. The van der Waals surface area contributed by atoms with Crippen molar-refractivity contribution in [2.75, 3.05) is 18.5 Å². The Bertz CT molecular complexity index is 390. The van der Waals surface area contributed by atoms with Crippen molar-refractivity contribution in [3.8, 4) is 0 Å². The van der Waals surface area contributed by atoms with E-state index >= 15 is 0 Å². The van der Waals surface area contributed by atoms with Crippen molar-refractivity contribution in [1.29, 1.82) is 0 Å². The molecule has 0 radical (unpaired) electrons. The number of benzene rings is 1. The van der Waals surface area contributed by atoms with E-state index in [1.54, 1.807) is 0 Å². The average Bonchev–Trinajstić information content (AvgIpc) is 2.11. The summed E-state index contributed by atoms with van der Waals surface area (Å²) in [6.07, 6.45) is -4.36. The van der Waals surface area contributed by atoms with Gasteiger partial charge in [0.25, 0.3) is 0 Å². The molecule has 0 amide bonds. The molecule has 0 saturated carbocycles. The highest BCUT2D eigenvalue weighted by atomic mass is 35.5. The largest absolute Gasteiger partial charge is 0.416 e. The van der Waals surface area contributed by atoms with Gasteiger partial charge in [-0.25, -0.2) is 0 Å². The molecule has 1 aromatic carbocycles. The number of alkyl halides is 3. The van der Waals surface area contributed by atoms with Crippen LogP contribution in [0.15, 0.2) is 18.2 Å². The zero-order chi connectivity index (χ0) is 11.8. The van der Waals surface area contributed by atoms with Gasteiger partial charge < -0.3 is 10.1 Å². The second kappa shape index (κ2) is 4.14. The lowest BCUT2D eigenvalue weighted by molar-refractivity contribution is -0.137. The summed E-state index contributed by atoms with van der Waals surface area (Å²) in [5, 5.41) is 3.07. The molecule has 88 valence electrons. The summed E-state index contributed by atoms with van der Waals surface area (Å²) in [5.41, 5.74) is -0.240. The highest BCUT2D eigenvalue weighted by molar-refractivity contribution is 6.33. The summed E-state index contributed by atoms with van der Waals surface area (Å²) >= 11 is 5.76. The van der Waals surface area contributed by atoms with Crippen LogP contribution >= 0.6 is 11.6 Å². The summed E-state index contributed by atoms with van der Waals surface area (Å²) in [7, 11) is 0. The first-order valence-corrected chi connectivity index (χ1v) is 5.05. The molecule has 1 N–H and O–H groups in total. The van der Waals surface area contributed by atoms with Crippen molar-refractivity contribution < 1.29 is 17.9 Å². The smallest absolute Gasteiger partial charge is 0.377 e. The molecule has 0 aromatic heterocycles. The van der Waals surface area contributed by atoms with Crippen LogP contribution in [0.1, 0.15) is 5.56 Å². The SMILES string of the molecule is FC(F)(F)c1ccc(NC2COC2)c(Cl)c1. The summed E-state index contributed by atoms with van der Waals surface area (Å²) < 4.78 is 42.0. The van der Waals surface area contributed by atoms with E-state index in [4.69, 9.17) is 16.3 Å². The lowest BCUT2D eigenvalue weighted by atomic mass is 10.1. The third-order valence-corrected chi connectivity index (χ3v) is 2.61. The maximum Gasteiger partial charge on any atom is 0.416 e. The molecule has 0 atom stereocenters. The first kappa shape index (κ1) is 11.5. The summed E-state index contributed by atoms with van der Waals surface area (Å²) in [6.45, 7) is 1.11. The van der Waals surface area contributed by atoms with Crippen molar-refractivity contribution >= 4 is 17.3 Å². The van der Waals surface area contributed by atoms with E-state index in [1.807, 2.05) is 0 Å². The molecule has 1 aromatic rings. The molecule has 0 bridgehead atoms. The maximum atomic E-state index is 12.3. The third-order valence-electron chi connectivity index (χ3n) is 2.29. The molecule has 1 aliphatic rings. The van der Waals surface area contributed by atoms with Crippen LogP contribution in [-0.2, 0) is 10.9 Å². The number of hydrogen-bond donors (Lipinski definition) is 1. The fraction of sp³-hybridized carbons (Fsp3) is 0.400. The van der Waals surface area contributed by atoms with Gasteiger partial charge in [-0.1, -0.05) is 11.6 Å². The topological polar surface area (TPSA) is 21.3 Å². The lowest BCUT2D eigenvalue weighted by Crippen LogP contribution is -2.40. The van der Waals surface area contributed by atoms with Crippen molar-refractivity contribution in [1.82, 2.24) is 0 Å². The van der Waals surface area contributed by atoms with Gasteiger partial charge in [0.1, 0.15) is 0 Å². The first-order valence-electron chi connectivity index (χ1n) is 4.68. The lowest BCUT2D eigenvalue weighted by Gasteiger charge is -2.28. The Balaban J connectivity index is 2.15. The summed E-state index contributed by atoms with van der Waals surface area (Å²) in [4.78, 5) is 0. The Labute approximate surface area is 95.3 Å². The van der Waals surface area contributed by atoms with Crippen LogP contribution in [0.2, 0.25) is 5.02 Å². The van der Waals surface area contributed by atoms with Crippen molar-refractivity contribution in [3.63, 3.8) is 0 Å². The van der Waals surface area contributed by atoms with Gasteiger partial charge >= 0.3 is 6.18 Å². The van der Waals surface area contributed by atoms with Gasteiger partial charge in [0.05, 0.1) is 35.5 Å². The fourth-order valence-corrected chi connectivity index (χ4v) is 1.58. The van der Waals surface area contributed by atoms with Crippen LogP contribution in [-0.4, -0.2) is 19.3 Å². The second-order valence-corrected chi connectivity index (χ2v) is 3.98. The zero-order valence-corrected chi connectivity index (χ0v) is 8.90. The Hall–Kier alpha value is -0.940. The minimum atomic E-state index is -4.36. The first-order chi connectivity index (χ1) is 7.47. The predicted molar refractivity (Wildman–Crippen MR) is 54.7 cm³/mol. The highest BCUT2D eigenvalue weighted by Gasteiger charge is 2.31. The molecule has 2 nitrogen and oxygen atoms in total. The molecular weight excluding hydrogens is 243 g/mol. The number of anilines is 1. The van der Waals surface area contributed by atoms with Gasteiger partial charge in [-0.2, -0.15) is 13.2 Å². The molecule has 0 aliphatic carbocycles. The van der Waals surface area contributed by atoms with E-state index in [9.17, 15) is 13.2 Å². The second-order valence-electron chi connectivity index (χ2n) is 3.57. The Morgan fingerprint density at radius 3 is 2.44 bits per heavy atom. The highest BCUT2D eigenvalue weighted by Crippen LogP contribution is 2.34. The molecule has 1 fully saturated rings. The van der Waals surface area contributed by atoms with E-state index in [2.05, 4.69) is 5.32 Å². The van der Waals surface area contributed by atoms with Crippen LogP contribution in [0.25, 0.3) is 0 Å². The van der Waals surface area contributed by atoms with E-state index in [1.165, 1.54) is 6.07 Å². The van der Waals surface area contributed by atoms with Crippen LogP contribution in [0.3, 0.4) is 0 Å². The van der Waals surface area contributed by atoms with Crippen LogP contribution in [0, 0.1) is 0 Å². The molecule has 0 spiro atoms. The Morgan fingerprint density at radius 1 is 1.31 bits per heavy atom. The number of rotatable bonds is 2. The number of ether oxygens (including phenoxy) is 1. The Morgan fingerprint density at radius 2 is 2.00 bits per heavy atom. The van der Waals surface area contributed by atoms with Gasteiger partial charge in [-0.05, 0) is 18.2 Å². The minimum absolute atomic E-state index is 0.0710. The standard InChI is InChI=1S/C10H9ClF3NO/c11-8-3-6(10(12,13)14)1-2-9(8)15-7-4-16-5-7/h1-3,7,15H,4-5H2. The van der Waals surface area contributed by atoms with Crippen molar-refractivity contribution in [2.24, 2.45) is 0 Å². The van der Waals surface area contributed by atoms with Gasteiger partial charge in [-0.15, -0.1) is 0 Å². The maximum absolute atomic E-state index is 12.3. The van der Waals surface area contributed by atoms with Crippen LogP contribution in [0.5, 0.6) is 0 Å². The van der Waals surface area contributed by atoms with Crippen molar-refractivity contribution in [3.05, 3.63) is 28.8 Å². The fourth-order valence-electron chi connectivity index (χ4n) is 1.35. The van der Waals surface area contributed by atoms with Gasteiger partial charge in [0.15, 0.2) is 0 Å². The van der Waals surface area contributed by atoms with Crippen LogP contribution < -0.4 is 5.32 Å². The molecule has 2 rings (SSSR count). The number of halogens is 4. The van der Waals surface area contributed by atoms with Gasteiger partial charge in [0, 0.05) is 0 Å². The Kier molecular flexibility index (Phi) is 2.99. The van der Waals surface area contributed by atoms with Gasteiger partial charge in [0.2, 0.25) is 0 Å². The van der Waals surface area contributed by atoms with E-state index in [0.29, 0.717) is 18.9 Å². The third kappa shape index (κ3) is 2.41. The normalized spacial score (nSPS) is 17.0. The van der Waals surface area contributed by atoms with E-state index in [-0.39, 0.29) is 11.1 Å². The molecule has 1 aliphatic heterocycles. The number of hydrogen-bond acceptors (Lipinski definition) is 2. The zero-order valence-electron chi connectivity index (χ0n) is 8.14. The minimum Gasteiger partial charge on any atom is -0.377 e. The summed E-state index contributed by atoms with van der Waals surface area (Å²) in [5.74, 6) is 0.